The van der Waals surface area contributed by atoms with Crippen molar-refractivity contribution in [3.8, 4) is 0 Å². The van der Waals surface area contributed by atoms with E-state index in [-0.39, 0.29) is 11.7 Å². The van der Waals surface area contributed by atoms with Crippen LogP contribution in [-0.4, -0.2) is 23.1 Å². The highest BCUT2D eigenvalue weighted by atomic mass is 19.1. The molecule has 0 saturated heterocycles. The van der Waals surface area contributed by atoms with E-state index >= 15 is 0 Å². The molecule has 0 spiro atoms. The molecule has 0 aliphatic rings. The van der Waals surface area contributed by atoms with Crippen molar-refractivity contribution in [3.05, 3.63) is 54.0 Å². The summed E-state index contributed by atoms with van der Waals surface area (Å²) < 4.78 is 13.2. The Labute approximate surface area is 109 Å². The molecule has 0 saturated carbocycles. The molecule has 98 valence electrons. The first-order chi connectivity index (χ1) is 9.13. The molecule has 0 aliphatic carbocycles. The molecule has 0 unspecified atom stereocenters. The number of rotatable bonds is 3. The Morgan fingerprint density at radius 1 is 1.37 bits per heavy atom. The molecule has 0 aliphatic heterocycles. The summed E-state index contributed by atoms with van der Waals surface area (Å²) in [6.45, 7) is 0. The molecule has 2 aromatic rings. The molecule has 1 aromatic heterocycles. The molecule has 0 fully saturated rings. The van der Waals surface area contributed by atoms with Gasteiger partial charge in [0.05, 0.1) is 5.56 Å². The minimum Gasteiger partial charge on any atom is -0.409 e. The van der Waals surface area contributed by atoms with Crippen LogP contribution >= 0.6 is 0 Å². The van der Waals surface area contributed by atoms with Crippen molar-refractivity contribution in [2.75, 3.05) is 11.9 Å². The summed E-state index contributed by atoms with van der Waals surface area (Å²) in [6, 6.07) is 9.44. The number of hydrogen-bond donors (Lipinski definition) is 2. The van der Waals surface area contributed by atoms with Crippen LogP contribution < -0.4 is 10.6 Å². The summed E-state index contributed by atoms with van der Waals surface area (Å²) in [5.74, 6) is 0.0837. The zero-order valence-electron chi connectivity index (χ0n) is 10.3. The van der Waals surface area contributed by atoms with Crippen LogP contribution in [0.1, 0.15) is 5.56 Å². The van der Waals surface area contributed by atoms with Gasteiger partial charge in [-0.25, -0.2) is 9.37 Å². The number of nitrogens with zero attached hydrogens (tertiary/aromatic N) is 3. The quantitative estimate of drug-likeness (QED) is 0.383. The molecule has 5 nitrogen and oxygen atoms in total. The molecule has 6 heteroatoms. The average Bonchev–Trinajstić information content (AvgIpc) is 2.45. The maximum atomic E-state index is 13.2. The van der Waals surface area contributed by atoms with E-state index in [2.05, 4.69) is 10.1 Å². The number of halogens is 1. The third-order valence-electron chi connectivity index (χ3n) is 2.68. The van der Waals surface area contributed by atoms with Crippen molar-refractivity contribution in [1.29, 1.82) is 0 Å². The molecule has 1 heterocycles. The lowest BCUT2D eigenvalue weighted by atomic mass is 10.2. The van der Waals surface area contributed by atoms with Gasteiger partial charge in [0.25, 0.3) is 0 Å². The fraction of sp³-hybridized carbons (Fsp3) is 0.0769. The van der Waals surface area contributed by atoms with E-state index in [9.17, 15) is 4.39 Å². The lowest BCUT2D eigenvalue weighted by Crippen LogP contribution is -2.20. The van der Waals surface area contributed by atoms with Gasteiger partial charge in [0.2, 0.25) is 0 Å². The zero-order chi connectivity index (χ0) is 13.8. The Morgan fingerprint density at radius 2 is 2.16 bits per heavy atom. The number of oxime groups is 1. The van der Waals surface area contributed by atoms with E-state index in [1.165, 1.54) is 12.1 Å². The van der Waals surface area contributed by atoms with Crippen molar-refractivity contribution in [3.63, 3.8) is 0 Å². The molecular formula is C13H13FN4O. The van der Waals surface area contributed by atoms with Gasteiger partial charge in [-0.3, -0.25) is 0 Å². The second-order valence-corrected chi connectivity index (χ2v) is 3.90. The van der Waals surface area contributed by atoms with Crippen molar-refractivity contribution < 1.29 is 9.60 Å². The second kappa shape index (κ2) is 5.34. The highest BCUT2D eigenvalue weighted by Crippen LogP contribution is 2.25. The molecule has 0 radical (unpaired) electrons. The standard InChI is InChI=1S/C13H13FN4O/c1-18(10-5-2-4-9(14)8-10)13-11(12(15)17-19)6-3-7-16-13/h2-8,19H,1H3,(H2,15,17). The van der Waals surface area contributed by atoms with Crippen LogP contribution in [0.15, 0.2) is 47.8 Å². The van der Waals surface area contributed by atoms with E-state index in [0.717, 1.165) is 0 Å². The summed E-state index contributed by atoms with van der Waals surface area (Å²) in [6.07, 6.45) is 1.58. The predicted molar refractivity (Wildman–Crippen MR) is 71.2 cm³/mol. The van der Waals surface area contributed by atoms with Crippen LogP contribution in [0.3, 0.4) is 0 Å². The highest BCUT2D eigenvalue weighted by Gasteiger charge is 2.13. The summed E-state index contributed by atoms with van der Waals surface area (Å²) >= 11 is 0. The maximum Gasteiger partial charge on any atom is 0.173 e. The fourth-order valence-corrected chi connectivity index (χ4v) is 1.73. The van der Waals surface area contributed by atoms with E-state index in [1.54, 1.807) is 42.4 Å². The number of amidine groups is 1. The lowest BCUT2D eigenvalue weighted by molar-refractivity contribution is 0.318. The van der Waals surface area contributed by atoms with Gasteiger partial charge in [-0.05, 0) is 30.3 Å². The monoisotopic (exact) mass is 260 g/mol. The summed E-state index contributed by atoms with van der Waals surface area (Å²) in [4.78, 5) is 5.85. The minimum atomic E-state index is -0.342. The van der Waals surface area contributed by atoms with E-state index < -0.39 is 0 Å². The zero-order valence-corrected chi connectivity index (χ0v) is 10.3. The molecular weight excluding hydrogens is 247 g/mol. The fourth-order valence-electron chi connectivity index (χ4n) is 1.73. The normalized spacial score (nSPS) is 11.4. The minimum absolute atomic E-state index is 0.0497. The van der Waals surface area contributed by atoms with Gasteiger partial charge in [-0.15, -0.1) is 0 Å². The van der Waals surface area contributed by atoms with E-state index in [1.807, 2.05) is 0 Å². The van der Waals surface area contributed by atoms with Crippen molar-refractivity contribution in [2.24, 2.45) is 10.9 Å². The smallest absolute Gasteiger partial charge is 0.173 e. The summed E-state index contributed by atoms with van der Waals surface area (Å²) in [7, 11) is 1.73. The summed E-state index contributed by atoms with van der Waals surface area (Å²) in [5, 5.41) is 11.7. The third-order valence-corrected chi connectivity index (χ3v) is 2.68. The number of hydrogen-bond acceptors (Lipinski definition) is 4. The van der Waals surface area contributed by atoms with Gasteiger partial charge in [-0.2, -0.15) is 0 Å². The van der Waals surface area contributed by atoms with Crippen LogP contribution in [-0.2, 0) is 0 Å². The maximum absolute atomic E-state index is 13.2. The highest BCUT2D eigenvalue weighted by molar-refractivity contribution is 6.01. The first-order valence-electron chi connectivity index (χ1n) is 5.55. The van der Waals surface area contributed by atoms with Gasteiger partial charge in [0, 0.05) is 18.9 Å². The first-order valence-corrected chi connectivity index (χ1v) is 5.55. The van der Waals surface area contributed by atoms with Crippen LogP contribution in [0, 0.1) is 5.82 Å². The number of anilines is 2. The predicted octanol–water partition coefficient (Wildman–Crippen LogP) is 2.08. The van der Waals surface area contributed by atoms with Gasteiger partial charge < -0.3 is 15.8 Å². The second-order valence-electron chi connectivity index (χ2n) is 3.90. The van der Waals surface area contributed by atoms with E-state index in [4.69, 9.17) is 10.9 Å². The van der Waals surface area contributed by atoms with Crippen LogP contribution in [0.2, 0.25) is 0 Å². The molecule has 1 aromatic carbocycles. The summed E-state index contributed by atoms with van der Waals surface area (Å²) in [5.41, 5.74) is 6.69. The topological polar surface area (TPSA) is 74.7 Å². The lowest BCUT2D eigenvalue weighted by Gasteiger charge is -2.20. The van der Waals surface area contributed by atoms with Crippen molar-refractivity contribution in [2.45, 2.75) is 0 Å². The van der Waals surface area contributed by atoms with Crippen molar-refractivity contribution >= 4 is 17.3 Å². The molecule has 0 bridgehead atoms. The Bertz CT molecular complexity index is 615. The van der Waals surface area contributed by atoms with Gasteiger partial charge in [0.15, 0.2) is 5.84 Å². The number of benzene rings is 1. The van der Waals surface area contributed by atoms with Gasteiger partial charge in [0.1, 0.15) is 11.6 Å². The Kier molecular flexibility index (Phi) is 3.61. The Hall–Kier alpha value is -2.63. The number of aromatic nitrogens is 1. The van der Waals surface area contributed by atoms with Crippen LogP contribution in [0.4, 0.5) is 15.9 Å². The third kappa shape index (κ3) is 2.62. The van der Waals surface area contributed by atoms with Gasteiger partial charge >= 0.3 is 0 Å². The van der Waals surface area contributed by atoms with Crippen LogP contribution in [0.5, 0.6) is 0 Å². The Morgan fingerprint density at radius 3 is 2.84 bits per heavy atom. The molecule has 2 rings (SSSR count). The molecule has 19 heavy (non-hydrogen) atoms. The molecule has 0 amide bonds. The molecule has 3 N–H and O–H groups in total. The Balaban J connectivity index is 2.47. The van der Waals surface area contributed by atoms with Gasteiger partial charge in [-0.1, -0.05) is 11.2 Å². The number of pyridine rings is 1. The number of nitrogens with two attached hydrogens (primary N) is 1. The SMILES string of the molecule is CN(c1cccc(F)c1)c1ncccc1C(N)=NO. The average molecular weight is 260 g/mol. The largest absolute Gasteiger partial charge is 0.409 e. The molecule has 0 atom stereocenters. The van der Waals surface area contributed by atoms with E-state index in [0.29, 0.717) is 17.1 Å². The first kappa shape index (κ1) is 12.8. The van der Waals surface area contributed by atoms with Crippen molar-refractivity contribution in [1.82, 2.24) is 4.98 Å². The van der Waals surface area contributed by atoms with Crippen LogP contribution in [0.25, 0.3) is 0 Å².